The van der Waals surface area contributed by atoms with Gasteiger partial charge in [-0.25, -0.2) is 0 Å². The van der Waals surface area contributed by atoms with Gasteiger partial charge in [-0.15, -0.1) is 0 Å². The van der Waals surface area contributed by atoms with E-state index < -0.39 is 12.1 Å². The van der Waals surface area contributed by atoms with E-state index in [2.05, 4.69) is 71.8 Å². The predicted molar refractivity (Wildman–Crippen MR) is 124 cm³/mol. The van der Waals surface area contributed by atoms with Gasteiger partial charge >= 0.3 is 6.18 Å². The third-order valence-electron chi connectivity index (χ3n) is 7.91. The van der Waals surface area contributed by atoms with Gasteiger partial charge in [0.1, 0.15) is 0 Å². The molecule has 2 heterocycles. The number of piperazine rings is 2. The lowest BCUT2D eigenvalue weighted by Crippen LogP contribution is -2.58. The maximum atomic E-state index is 13.2. The van der Waals surface area contributed by atoms with Crippen molar-refractivity contribution in [1.29, 1.82) is 0 Å². The van der Waals surface area contributed by atoms with Crippen molar-refractivity contribution in [3.8, 4) is 0 Å². The fraction of sp³-hybridized carbons (Fsp3) is 0.760. The van der Waals surface area contributed by atoms with Gasteiger partial charge < -0.3 is 14.7 Å². The van der Waals surface area contributed by atoms with Gasteiger partial charge in [-0.05, 0) is 71.3 Å². The van der Waals surface area contributed by atoms with Crippen LogP contribution >= 0.6 is 0 Å². The van der Waals surface area contributed by atoms with E-state index in [9.17, 15) is 13.2 Å². The highest BCUT2D eigenvalue weighted by molar-refractivity contribution is 5.52. The van der Waals surface area contributed by atoms with Crippen LogP contribution in [0.3, 0.4) is 0 Å². The molecule has 2 saturated heterocycles. The average Bonchev–Trinajstić information content (AvgIpc) is 2.72. The Morgan fingerprint density at radius 1 is 0.906 bits per heavy atom. The van der Waals surface area contributed by atoms with Gasteiger partial charge in [0, 0.05) is 62.6 Å². The lowest BCUT2D eigenvalue weighted by Gasteiger charge is -2.48. The minimum atomic E-state index is -4.05. The zero-order chi connectivity index (χ0) is 23.1. The number of halogens is 3. The molecule has 1 saturated carbocycles. The maximum absolute atomic E-state index is 13.2. The summed E-state index contributed by atoms with van der Waals surface area (Å²) in [6.45, 7) is 10.5. The van der Waals surface area contributed by atoms with E-state index in [0.29, 0.717) is 12.8 Å². The SMILES string of the molecule is CN1CCN(C2CCC(C(F)(F)F)CC2)C(c2cccc(N3CCN(C)CC3(C)C)c2)C1. The molecule has 4 nitrogen and oxygen atoms in total. The van der Waals surface area contributed by atoms with E-state index in [4.69, 9.17) is 0 Å². The number of nitrogens with zero attached hydrogens (tertiary/aromatic N) is 4. The number of alkyl halides is 3. The molecule has 32 heavy (non-hydrogen) atoms. The highest BCUT2D eigenvalue weighted by Gasteiger charge is 2.43. The predicted octanol–water partition coefficient (Wildman–Crippen LogP) is 4.63. The van der Waals surface area contributed by atoms with Crippen molar-refractivity contribution in [3.63, 3.8) is 0 Å². The summed E-state index contributed by atoms with van der Waals surface area (Å²) in [5.41, 5.74) is 2.61. The minimum Gasteiger partial charge on any atom is -0.364 e. The first-order valence-electron chi connectivity index (χ1n) is 12.1. The van der Waals surface area contributed by atoms with Gasteiger partial charge in [0.25, 0.3) is 0 Å². The molecule has 0 bridgehead atoms. The third-order valence-corrected chi connectivity index (χ3v) is 7.91. The fourth-order valence-corrected chi connectivity index (χ4v) is 6.18. The quantitative estimate of drug-likeness (QED) is 0.663. The highest BCUT2D eigenvalue weighted by Crippen LogP contribution is 2.41. The van der Waals surface area contributed by atoms with E-state index in [0.717, 1.165) is 39.3 Å². The smallest absolute Gasteiger partial charge is 0.364 e. The van der Waals surface area contributed by atoms with Crippen molar-refractivity contribution in [2.24, 2.45) is 5.92 Å². The van der Waals surface area contributed by atoms with E-state index >= 15 is 0 Å². The summed E-state index contributed by atoms with van der Waals surface area (Å²) in [4.78, 5) is 9.77. The highest BCUT2D eigenvalue weighted by atomic mass is 19.4. The molecule has 1 aromatic carbocycles. The molecule has 7 heteroatoms. The molecule has 3 fully saturated rings. The van der Waals surface area contributed by atoms with Crippen molar-refractivity contribution in [2.75, 3.05) is 58.3 Å². The number of rotatable bonds is 3. The topological polar surface area (TPSA) is 13.0 Å². The second-order valence-corrected chi connectivity index (χ2v) is 10.9. The molecular formula is C25H39F3N4. The van der Waals surface area contributed by atoms with Gasteiger partial charge in [0.15, 0.2) is 0 Å². The van der Waals surface area contributed by atoms with Gasteiger partial charge in [-0.3, -0.25) is 4.90 Å². The lowest BCUT2D eigenvalue weighted by atomic mass is 9.83. The molecule has 0 N–H and O–H groups in total. The van der Waals surface area contributed by atoms with Crippen LogP contribution in [0, 0.1) is 5.92 Å². The molecule has 0 spiro atoms. The van der Waals surface area contributed by atoms with Crippen LogP contribution < -0.4 is 4.90 Å². The number of benzene rings is 1. The summed E-state index contributed by atoms with van der Waals surface area (Å²) in [7, 11) is 4.33. The number of likely N-dealkylation sites (N-methyl/N-ethyl adjacent to an activating group) is 2. The molecule has 4 rings (SSSR count). The molecule has 0 aromatic heterocycles. The molecule has 1 atom stereocenters. The molecule has 3 aliphatic rings. The molecule has 0 radical (unpaired) electrons. The average molecular weight is 453 g/mol. The van der Waals surface area contributed by atoms with Gasteiger partial charge in [0.05, 0.1) is 5.92 Å². The van der Waals surface area contributed by atoms with E-state index in [1.54, 1.807) is 0 Å². The first-order chi connectivity index (χ1) is 15.0. The van der Waals surface area contributed by atoms with E-state index in [1.807, 2.05) is 0 Å². The van der Waals surface area contributed by atoms with Gasteiger partial charge in [-0.2, -0.15) is 13.2 Å². The van der Waals surface area contributed by atoms with Crippen molar-refractivity contribution in [1.82, 2.24) is 14.7 Å². The minimum absolute atomic E-state index is 0.0602. The maximum Gasteiger partial charge on any atom is 0.391 e. The second-order valence-electron chi connectivity index (χ2n) is 10.9. The molecule has 1 aromatic rings. The normalized spacial score (nSPS) is 31.1. The second kappa shape index (κ2) is 9.15. The Labute approximate surface area is 191 Å². The Balaban J connectivity index is 1.54. The van der Waals surface area contributed by atoms with Crippen LogP contribution in [0.25, 0.3) is 0 Å². The Morgan fingerprint density at radius 2 is 1.59 bits per heavy atom. The fourth-order valence-electron chi connectivity index (χ4n) is 6.18. The Bertz CT molecular complexity index is 773. The zero-order valence-corrected chi connectivity index (χ0v) is 20.0. The van der Waals surface area contributed by atoms with Crippen LogP contribution in [0.1, 0.15) is 51.1 Å². The zero-order valence-electron chi connectivity index (χ0n) is 20.0. The van der Waals surface area contributed by atoms with Crippen LogP contribution in [0.2, 0.25) is 0 Å². The molecule has 1 unspecified atom stereocenters. The van der Waals surface area contributed by atoms with E-state index in [-0.39, 0.29) is 30.5 Å². The molecule has 1 aliphatic carbocycles. The number of hydrogen-bond donors (Lipinski definition) is 0. The van der Waals surface area contributed by atoms with E-state index in [1.165, 1.54) is 11.3 Å². The molecule has 2 aliphatic heterocycles. The van der Waals surface area contributed by atoms with Crippen molar-refractivity contribution in [3.05, 3.63) is 29.8 Å². The van der Waals surface area contributed by atoms with Crippen molar-refractivity contribution < 1.29 is 13.2 Å². The largest absolute Gasteiger partial charge is 0.391 e. The van der Waals surface area contributed by atoms with Crippen LogP contribution in [0.15, 0.2) is 24.3 Å². The Hall–Kier alpha value is -1.31. The number of hydrogen-bond acceptors (Lipinski definition) is 4. The van der Waals surface area contributed by atoms with Crippen LogP contribution in [-0.2, 0) is 0 Å². The van der Waals surface area contributed by atoms with Gasteiger partial charge in [0.2, 0.25) is 0 Å². The molecule has 0 amide bonds. The molecule has 180 valence electrons. The van der Waals surface area contributed by atoms with Crippen LogP contribution in [-0.4, -0.2) is 85.8 Å². The van der Waals surface area contributed by atoms with Crippen molar-refractivity contribution in [2.45, 2.75) is 63.3 Å². The summed E-state index contributed by atoms with van der Waals surface area (Å²) in [5.74, 6) is -1.12. The first-order valence-corrected chi connectivity index (χ1v) is 12.1. The summed E-state index contributed by atoms with van der Waals surface area (Å²) in [6.07, 6.45) is -2.22. The monoisotopic (exact) mass is 452 g/mol. The summed E-state index contributed by atoms with van der Waals surface area (Å²) < 4.78 is 39.6. The third kappa shape index (κ3) is 5.10. The standard InChI is InChI=1S/C25H39F3N4/c1-24(2)18-30(4)13-15-32(24)22-7-5-6-19(16-22)23-17-29(3)12-14-31(23)21-10-8-20(9-11-21)25(26,27)28/h5-7,16,20-21,23H,8-15,17-18H2,1-4H3. The summed E-state index contributed by atoms with van der Waals surface area (Å²) in [6, 6.07) is 9.40. The first kappa shape index (κ1) is 23.8. The number of anilines is 1. The van der Waals surface area contributed by atoms with Crippen molar-refractivity contribution >= 4 is 5.69 Å². The van der Waals surface area contributed by atoms with Gasteiger partial charge in [-0.1, -0.05) is 12.1 Å². The van der Waals surface area contributed by atoms with Crippen LogP contribution in [0.4, 0.5) is 18.9 Å². The Morgan fingerprint density at radius 3 is 2.25 bits per heavy atom. The van der Waals surface area contributed by atoms with Crippen LogP contribution in [0.5, 0.6) is 0 Å². The lowest BCUT2D eigenvalue weighted by molar-refractivity contribution is -0.185. The molecular weight excluding hydrogens is 413 g/mol. The summed E-state index contributed by atoms with van der Waals surface area (Å²) >= 11 is 0. The Kier molecular flexibility index (Phi) is 6.81. The summed E-state index contributed by atoms with van der Waals surface area (Å²) in [5, 5.41) is 0.